The van der Waals surface area contributed by atoms with Gasteiger partial charge in [-0.15, -0.1) is 0 Å². The SMILES string of the molecule is COC(=O)c1ccc(C(C)C)c(NC(=O)c2[nH]ncc2C#N)c1. The van der Waals surface area contributed by atoms with Gasteiger partial charge >= 0.3 is 5.97 Å². The molecule has 0 atom stereocenters. The number of nitriles is 1. The Balaban J connectivity index is 2.39. The van der Waals surface area contributed by atoms with Crippen LogP contribution in [0, 0.1) is 11.3 Å². The van der Waals surface area contributed by atoms with E-state index in [4.69, 9.17) is 10.00 Å². The number of anilines is 1. The Labute approximate surface area is 133 Å². The molecule has 0 aliphatic carbocycles. The first-order valence-electron chi connectivity index (χ1n) is 6.95. The highest BCUT2D eigenvalue weighted by Crippen LogP contribution is 2.26. The fraction of sp³-hybridized carbons (Fsp3) is 0.250. The second-order valence-electron chi connectivity index (χ2n) is 5.17. The summed E-state index contributed by atoms with van der Waals surface area (Å²) in [7, 11) is 1.29. The van der Waals surface area contributed by atoms with Crippen molar-refractivity contribution in [3.8, 4) is 6.07 Å². The zero-order chi connectivity index (χ0) is 17.0. The Kier molecular flexibility index (Phi) is 4.76. The van der Waals surface area contributed by atoms with E-state index in [1.807, 2.05) is 19.9 Å². The molecule has 2 rings (SSSR count). The van der Waals surface area contributed by atoms with Crippen molar-refractivity contribution >= 4 is 17.6 Å². The molecular formula is C16H16N4O3. The average Bonchev–Trinajstić information content (AvgIpc) is 3.02. The molecular weight excluding hydrogens is 296 g/mol. The van der Waals surface area contributed by atoms with E-state index >= 15 is 0 Å². The molecule has 7 nitrogen and oxygen atoms in total. The summed E-state index contributed by atoms with van der Waals surface area (Å²) >= 11 is 0. The highest BCUT2D eigenvalue weighted by Gasteiger charge is 2.18. The number of hydrogen-bond acceptors (Lipinski definition) is 5. The van der Waals surface area contributed by atoms with Gasteiger partial charge in [0.25, 0.3) is 5.91 Å². The van der Waals surface area contributed by atoms with E-state index in [9.17, 15) is 9.59 Å². The maximum absolute atomic E-state index is 12.3. The molecule has 1 amide bonds. The molecule has 1 aromatic heterocycles. The quantitative estimate of drug-likeness (QED) is 0.843. The van der Waals surface area contributed by atoms with Gasteiger partial charge in [0, 0.05) is 5.69 Å². The van der Waals surface area contributed by atoms with Gasteiger partial charge in [-0.3, -0.25) is 9.89 Å². The van der Waals surface area contributed by atoms with Crippen LogP contribution in [0.4, 0.5) is 5.69 Å². The first-order valence-corrected chi connectivity index (χ1v) is 6.95. The van der Waals surface area contributed by atoms with Crippen LogP contribution in [-0.2, 0) is 4.74 Å². The monoisotopic (exact) mass is 312 g/mol. The molecule has 118 valence electrons. The van der Waals surface area contributed by atoms with Gasteiger partial charge in [0.1, 0.15) is 17.3 Å². The molecule has 1 heterocycles. The van der Waals surface area contributed by atoms with Crippen molar-refractivity contribution in [1.82, 2.24) is 10.2 Å². The maximum Gasteiger partial charge on any atom is 0.337 e. The van der Waals surface area contributed by atoms with Crippen LogP contribution in [0.15, 0.2) is 24.4 Å². The number of rotatable bonds is 4. The molecule has 0 spiro atoms. The van der Waals surface area contributed by atoms with Crippen molar-refractivity contribution < 1.29 is 14.3 Å². The predicted molar refractivity (Wildman–Crippen MR) is 83.1 cm³/mol. The van der Waals surface area contributed by atoms with Crippen LogP contribution < -0.4 is 5.32 Å². The normalized spacial score (nSPS) is 10.2. The summed E-state index contributed by atoms with van der Waals surface area (Å²) in [4.78, 5) is 24.0. The van der Waals surface area contributed by atoms with E-state index in [0.29, 0.717) is 11.3 Å². The molecule has 0 fully saturated rings. The molecule has 0 bridgehead atoms. The van der Waals surface area contributed by atoms with Crippen molar-refractivity contribution in [3.63, 3.8) is 0 Å². The lowest BCUT2D eigenvalue weighted by atomic mass is 9.99. The van der Waals surface area contributed by atoms with Crippen LogP contribution in [0.1, 0.15) is 51.7 Å². The molecule has 2 N–H and O–H groups in total. The zero-order valence-electron chi connectivity index (χ0n) is 13.0. The van der Waals surface area contributed by atoms with Gasteiger partial charge in [-0.25, -0.2) is 4.79 Å². The van der Waals surface area contributed by atoms with Crippen LogP contribution in [-0.4, -0.2) is 29.2 Å². The number of nitrogens with one attached hydrogen (secondary N) is 2. The lowest BCUT2D eigenvalue weighted by Crippen LogP contribution is -2.16. The Morgan fingerprint density at radius 2 is 2.13 bits per heavy atom. The summed E-state index contributed by atoms with van der Waals surface area (Å²) in [6, 6.07) is 6.86. The minimum Gasteiger partial charge on any atom is -0.465 e. The molecule has 0 aliphatic rings. The summed E-state index contributed by atoms with van der Waals surface area (Å²) in [5.41, 5.74) is 1.91. The Bertz CT molecular complexity index is 787. The van der Waals surface area contributed by atoms with E-state index in [-0.39, 0.29) is 17.2 Å². The smallest absolute Gasteiger partial charge is 0.337 e. The minimum absolute atomic E-state index is 0.0747. The average molecular weight is 312 g/mol. The zero-order valence-corrected chi connectivity index (χ0v) is 13.0. The number of carbonyl (C=O) groups excluding carboxylic acids is 2. The van der Waals surface area contributed by atoms with Gasteiger partial charge in [0.2, 0.25) is 0 Å². The number of aromatic amines is 1. The van der Waals surface area contributed by atoms with E-state index in [0.717, 1.165) is 5.56 Å². The highest BCUT2D eigenvalue weighted by molar-refractivity contribution is 6.05. The van der Waals surface area contributed by atoms with Gasteiger partial charge in [0.05, 0.1) is 18.9 Å². The van der Waals surface area contributed by atoms with Crippen LogP contribution in [0.25, 0.3) is 0 Å². The molecule has 0 unspecified atom stereocenters. The number of benzene rings is 1. The number of carbonyl (C=O) groups is 2. The summed E-state index contributed by atoms with van der Waals surface area (Å²) in [6.45, 7) is 3.94. The molecule has 0 saturated carbocycles. The van der Waals surface area contributed by atoms with Crippen LogP contribution in [0.5, 0.6) is 0 Å². The van der Waals surface area contributed by atoms with E-state index in [1.165, 1.54) is 13.3 Å². The standard InChI is InChI=1S/C16H16N4O3/c1-9(2)12-5-4-10(16(22)23-3)6-13(12)19-15(21)14-11(7-17)8-18-20-14/h4-6,8-9H,1-3H3,(H,18,20)(H,19,21). The van der Waals surface area contributed by atoms with Crippen molar-refractivity contribution in [2.24, 2.45) is 0 Å². The Morgan fingerprint density at radius 3 is 2.74 bits per heavy atom. The van der Waals surface area contributed by atoms with Gasteiger partial charge < -0.3 is 10.1 Å². The predicted octanol–water partition coefficient (Wildman–Crippen LogP) is 2.44. The van der Waals surface area contributed by atoms with Gasteiger partial charge in [-0.05, 0) is 23.6 Å². The molecule has 0 saturated heterocycles. The van der Waals surface area contributed by atoms with Crippen LogP contribution in [0.3, 0.4) is 0 Å². The number of methoxy groups -OCH3 is 1. The second-order valence-corrected chi connectivity index (χ2v) is 5.17. The molecule has 1 aromatic carbocycles. The number of hydrogen-bond donors (Lipinski definition) is 2. The maximum atomic E-state index is 12.3. The summed E-state index contributed by atoms with van der Waals surface area (Å²) in [5.74, 6) is -0.854. The molecule has 0 aliphatic heterocycles. The fourth-order valence-corrected chi connectivity index (χ4v) is 2.14. The van der Waals surface area contributed by atoms with Crippen molar-refractivity contribution in [2.75, 3.05) is 12.4 Å². The van der Waals surface area contributed by atoms with Crippen molar-refractivity contribution in [2.45, 2.75) is 19.8 Å². The molecule has 23 heavy (non-hydrogen) atoms. The minimum atomic E-state index is -0.497. The van der Waals surface area contributed by atoms with Crippen molar-refractivity contribution in [3.05, 3.63) is 46.8 Å². The van der Waals surface area contributed by atoms with E-state index < -0.39 is 11.9 Å². The summed E-state index contributed by atoms with van der Waals surface area (Å²) < 4.78 is 4.69. The topological polar surface area (TPSA) is 108 Å². The van der Waals surface area contributed by atoms with Gasteiger partial charge in [-0.1, -0.05) is 19.9 Å². The number of ether oxygens (including phenoxy) is 1. The first kappa shape index (κ1) is 16.2. The van der Waals surface area contributed by atoms with E-state index in [2.05, 4.69) is 15.5 Å². The lowest BCUT2D eigenvalue weighted by Gasteiger charge is -2.14. The van der Waals surface area contributed by atoms with Gasteiger partial charge in [-0.2, -0.15) is 10.4 Å². The first-order chi connectivity index (χ1) is 11.0. The van der Waals surface area contributed by atoms with Crippen LogP contribution >= 0.6 is 0 Å². The molecule has 2 aromatic rings. The number of H-pyrrole nitrogens is 1. The summed E-state index contributed by atoms with van der Waals surface area (Å²) in [6.07, 6.45) is 1.28. The fourth-order valence-electron chi connectivity index (χ4n) is 2.14. The molecule has 7 heteroatoms. The number of amides is 1. The third-order valence-corrected chi connectivity index (χ3v) is 3.33. The van der Waals surface area contributed by atoms with Crippen molar-refractivity contribution in [1.29, 1.82) is 5.26 Å². The van der Waals surface area contributed by atoms with Gasteiger partial charge in [0.15, 0.2) is 0 Å². The van der Waals surface area contributed by atoms with Crippen LogP contribution in [0.2, 0.25) is 0 Å². The Hall–Kier alpha value is -3.14. The van der Waals surface area contributed by atoms with E-state index in [1.54, 1.807) is 18.2 Å². The number of nitrogens with zero attached hydrogens (tertiary/aromatic N) is 2. The summed E-state index contributed by atoms with van der Waals surface area (Å²) in [5, 5.41) is 17.9. The third-order valence-electron chi connectivity index (χ3n) is 3.33. The number of aromatic nitrogens is 2. The second kappa shape index (κ2) is 6.75. The molecule has 0 radical (unpaired) electrons. The lowest BCUT2D eigenvalue weighted by molar-refractivity contribution is 0.0600. The highest BCUT2D eigenvalue weighted by atomic mass is 16.5. The number of esters is 1. The Morgan fingerprint density at radius 1 is 1.39 bits per heavy atom. The largest absolute Gasteiger partial charge is 0.465 e. The third kappa shape index (κ3) is 3.37.